The lowest BCUT2D eigenvalue weighted by molar-refractivity contribution is -0.151. The number of carboxylic acids is 3. The van der Waals surface area contributed by atoms with Crippen molar-refractivity contribution in [3.63, 3.8) is 0 Å². The smallest absolute Gasteiger partial charge is 0.328 e. The van der Waals surface area contributed by atoms with Crippen molar-refractivity contribution < 1.29 is 34.8 Å². The van der Waals surface area contributed by atoms with Crippen LogP contribution in [-0.2, 0) is 14.4 Å². The summed E-state index contributed by atoms with van der Waals surface area (Å²) in [6.07, 6.45) is 1.87. The molecule has 0 heterocycles. The van der Waals surface area contributed by atoms with E-state index < -0.39 is 23.3 Å². The molecule has 0 aliphatic heterocycles. The molecule has 8 nitrogen and oxygen atoms in total. The molecule has 0 spiro atoms. The van der Waals surface area contributed by atoms with Gasteiger partial charge >= 0.3 is 17.9 Å². The fourth-order valence-corrected chi connectivity index (χ4v) is 4.78. The molecular weight excluding hydrogens is 486 g/mol. The summed E-state index contributed by atoms with van der Waals surface area (Å²) >= 11 is 0. The summed E-state index contributed by atoms with van der Waals surface area (Å²) in [4.78, 5) is 34.3. The first kappa shape index (κ1) is 32.4. The second-order valence-electron chi connectivity index (χ2n) is 10.1. The summed E-state index contributed by atoms with van der Waals surface area (Å²) < 4.78 is 0. The Balaban J connectivity index is 0.000000781. The topological polar surface area (TPSA) is 135 Å². The third-order valence-electron chi connectivity index (χ3n) is 7.05. The molecule has 0 aliphatic rings. The van der Waals surface area contributed by atoms with E-state index in [0.717, 1.165) is 24.1 Å². The maximum Gasteiger partial charge on any atom is 0.328 e. The van der Waals surface area contributed by atoms with Crippen LogP contribution in [0.2, 0.25) is 0 Å². The number of phenols is 1. The van der Waals surface area contributed by atoms with Crippen LogP contribution in [0.15, 0.2) is 66.7 Å². The molecule has 0 amide bonds. The number of rotatable bonds is 12. The molecule has 3 atom stereocenters. The molecule has 38 heavy (non-hydrogen) atoms. The highest BCUT2D eigenvalue weighted by Crippen LogP contribution is 2.49. The van der Waals surface area contributed by atoms with Crippen molar-refractivity contribution in [3.05, 3.63) is 77.9 Å². The van der Waals surface area contributed by atoms with E-state index in [4.69, 9.17) is 10.2 Å². The van der Waals surface area contributed by atoms with Gasteiger partial charge in [-0.1, -0.05) is 49.4 Å². The van der Waals surface area contributed by atoms with Gasteiger partial charge in [-0.2, -0.15) is 0 Å². The Hall–Kier alpha value is -3.65. The molecule has 208 valence electrons. The molecule has 0 radical (unpaired) electrons. The van der Waals surface area contributed by atoms with E-state index >= 15 is 0 Å². The van der Waals surface area contributed by atoms with Crippen LogP contribution in [0.5, 0.6) is 5.75 Å². The Morgan fingerprint density at radius 3 is 1.66 bits per heavy atom. The maximum absolute atomic E-state index is 12.8. The molecular formula is C30H41NO7. The molecule has 2 aromatic rings. The summed E-state index contributed by atoms with van der Waals surface area (Å²) in [5.41, 5.74) is 0.974. The van der Waals surface area contributed by atoms with E-state index in [2.05, 4.69) is 32.6 Å². The van der Waals surface area contributed by atoms with Gasteiger partial charge in [-0.05, 0) is 76.8 Å². The average Bonchev–Trinajstić information content (AvgIpc) is 2.85. The highest BCUT2D eigenvalue weighted by Gasteiger charge is 2.47. The number of hydrogen-bond donors (Lipinski definition) is 4. The number of benzene rings is 2. The van der Waals surface area contributed by atoms with Crippen LogP contribution in [0.3, 0.4) is 0 Å². The lowest BCUT2D eigenvalue weighted by Gasteiger charge is -2.41. The molecule has 8 heteroatoms. The zero-order valence-corrected chi connectivity index (χ0v) is 23.0. The monoisotopic (exact) mass is 527 g/mol. The first-order chi connectivity index (χ1) is 17.7. The SMILES string of the molecule is CC(C)N(CCC(c1ccccc1)[C@](C)(C(=O)O)C(C)c1ccc(O)cc1)C(C)C.O=C(O)/C=C/C(=O)O. The van der Waals surface area contributed by atoms with Gasteiger partial charge in [-0.25, -0.2) is 9.59 Å². The highest BCUT2D eigenvalue weighted by atomic mass is 16.4. The van der Waals surface area contributed by atoms with Crippen molar-refractivity contribution in [2.75, 3.05) is 6.54 Å². The van der Waals surface area contributed by atoms with E-state index in [0.29, 0.717) is 24.2 Å². The summed E-state index contributed by atoms with van der Waals surface area (Å²) in [7, 11) is 0. The average molecular weight is 528 g/mol. The molecule has 4 N–H and O–H groups in total. The molecule has 0 fully saturated rings. The van der Waals surface area contributed by atoms with Gasteiger partial charge in [0.05, 0.1) is 5.41 Å². The Bertz CT molecular complexity index is 1040. The number of phenolic OH excluding ortho intramolecular Hbond substituents is 1. The minimum absolute atomic E-state index is 0.153. The fourth-order valence-electron chi connectivity index (χ4n) is 4.78. The summed E-state index contributed by atoms with van der Waals surface area (Å²) in [6, 6.07) is 17.7. The van der Waals surface area contributed by atoms with Gasteiger partial charge in [-0.3, -0.25) is 9.69 Å². The van der Waals surface area contributed by atoms with Crippen molar-refractivity contribution in [2.24, 2.45) is 5.41 Å². The third kappa shape index (κ3) is 9.34. The lowest BCUT2D eigenvalue weighted by Crippen LogP contribution is -2.43. The van der Waals surface area contributed by atoms with E-state index in [1.165, 1.54) is 0 Å². The summed E-state index contributed by atoms with van der Waals surface area (Å²) in [5, 5.41) is 35.8. The zero-order valence-electron chi connectivity index (χ0n) is 23.0. The Morgan fingerprint density at radius 1 is 0.789 bits per heavy atom. The molecule has 2 unspecified atom stereocenters. The Labute approximate surface area is 225 Å². The van der Waals surface area contributed by atoms with Gasteiger partial charge in [0, 0.05) is 30.2 Å². The minimum Gasteiger partial charge on any atom is -0.508 e. The van der Waals surface area contributed by atoms with Crippen molar-refractivity contribution in [2.45, 2.75) is 71.9 Å². The highest BCUT2D eigenvalue weighted by molar-refractivity contribution is 5.89. The number of aliphatic carboxylic acids is 3. The molecule has 2 aromatic carbocycles. The van der Waals surface area contributed by atoms with Crippen molar-refractivity contribution in [3.8, 4) is 5.75 Å². The number of aromatic hydroxyl groups is 1. The van der Waals surface area contributed by atoms with E-state index in [1.807, 2.05) is 56.3 Å². The predicted octanol–water partition coefficient (Wildman–Crippen LogP) is 5.59. The maximum atomic E-state index is 12.8. The van der Waals surface area contributed by atoms with Gasteiger partial charge in [-0.15, -0.1) is 0 Å². The summed E-state index contributed by atoms with van der Waals surface area (Å²) in [6.45, 7) is 13.4. The first-order valence-electron chi connectivity index (χ1n) is 12.7. The quantitative estimate of drug-likeness (QED) is 0.262. The molecule has 0 aromatic heterocycles. The molecule has 0 saturated carbocycles. The van der Waals surface area contributed by atoms with E-state index in [1.54, 1.807) is 12.1 Å². The molecule has 2 rings (SSSR count). The first-order valence-corrected chi connectivity index (χ1v) is 12.7. The lowest BCUT2D eigenvalue weighted by atomic mass is 9.63. The van der Waals surface area contributed by atoms with Gasteiger partial charge in [0.1, 0.15) is 5.75 Å². The minimum atomic E-state index is -1.26. The summed E-state index contributed by atoms with van der Waals surface area (Å²) in [5.74, 6) is -3.50. The van der Waals surface area contributed by atoms with Crippen molar-refractivity contribution in [1.29, 1.82) is 0 Å². The van der Waals surface area contributed by atoms with Crippen LogP contribution in [0, 0.1) is 5.41 Å². The van der Waals surface area contributed by atoms with Gasteiger partial charge in [0.25, 0.3) is 0 Å². The fraction of sp³-hybridized carbons (Fsp3) is 0.433. The Morgan fingerprint density at radius 2 is 1.26 bits per heavy atom. The van der Waals surface area contributed by atoms with Crippen LogP contribution in [-0.4, -0.2) is 61.9 Å². The molecule has 0 saturated heterocycles. The van der Waals surface area contributed by atoms with Crippen LogP contribution in [0.1, 0.15) is 70.9 Å². The third-order valence-corrected chi connectivity index (χ3v) is 7.05. The normalized spacial score (nSPS) is 14.6. The zero-order chi connectivity index (χ0) is 29.0. The second-order valence-corrected chi connectivity index (χ2v) is 10.1. The van der Waals surface area contributed by atoms with Crippen molar-refractivity contribution in [1.82, 2.24) is 4.90 Å². The number of hydrogen-bond acceptors (Lipinski definition) is 5. The van der Waals surface area contributed by atoms with Crippen LogP contribution in [0.4, 0.5) is 0 Å². The van der Waals surface area contributed by atoms with Gasteiger partial charge in [0.15, 0.2) is 0 Å². The van der Waals surface area contributed by atoms with Gasteiger partial charge < -0.3 is 20.4 Å². The van der Waals surface area contributed by atoms with Crippen molar-refractivity contribution >= 4 is 17.9 Å². The standard InChI is InChI=1S/C26H37NO3.C4H4O4/c1-18(2)27(19(3)4)17-16-24(22-10-8-7-9-11-22)26(6,25(29)30)20(5)21-12-14-23(28)15-13-21;5-3(6)1-2-4(7)8/h7-15,18-20,24,28H,16-17H2,1-6H3,(H,29,30);1-2H,(H,5,6)(H,7,8)/b;2-1+/t20?,24?,26-;/m1./s1. The van der Waals surface area contributed by atoms with Gasteiger partial charge in [0.2, 0.25) is 0 Å². The van der Waals surface area contributed by atoms with Crippen LogP contribution < -0.4 is 0 Å². The molecule has 0 aliphatic carbocycles. The largest absolute Gasteiger partial charge is 0.508 e. The second kappa shape index (κ2) is 14.9. The number of carbonyl (C=O) groups is 3. The molecule has 0 bridgehead atoms. The number of carboxylic acid groups (broad SMARTS) is 3. The van der Waals surface area contributed by atoms with E-state index in [-0.39, 0.29) is 17.6 Å². The van der Waals surface area contributed by atoms with E-state index in [9.17, 15) is 24.6 Å². The predicted molar refractivity (Wildman–Crippen MR) is 147 cm³/mol. The Kier molecular flexibility index (Phi) is 12.7. The van der Waals surface area contributed by atoms with Crippen LogP contribution >= 0.6 is 0 Å². The number of nitrogens with zero attached hydrogens (tertiary/aromatic N) is 1. The van der Waals surface area contributed by atoms with Crippen LogP contribution in [0.25, 0.3) is 0 Å².